The SMILES string of the molecule is CC1CN(C(=O)c2cc([N+](=O)[O-])ccc2I)CC1C. The summed E-state index contributed by atoms with van der Waals surface area (Å²) in [6.07, 6.45) is 0. The van der Waals surface area contributed by atoms with Crippen LogP contribution in [0.1, 0.15) is 24.2 Å². The molecule has 2 unspecified atom stereocenters. The number of non-ortho nitro benzene ring substituents is 1. The minimum absolute atomic E-state index is 0.0379. The van der Waals surface area contributed by atoms with Gasteiger partial charge in [0.05, 0.1) is 10.5 Å². The van der Waals surface area contributed by atoms with Crippen LogP contribution < -0.4 is 0 Å². The number of nitro groups is 1. The van der Waals surface area contributed by atoms with Gasteiger partial charge in [0.2, 0.25) is 0 Å². The summed E-state index contributed by atoms with van der Waals surface area (Å²) in [4.78, 5) is 24.5. The van der Waals surface area contributed by atoms with Gasteiger partial charge in [-0.3, -0.25) is 14.9 Å². The van der Waals surface area contributed by atoms with Crippen LogP contribution in [0.15, 0.2) is 18.2 Å². The fourth-order valence-electron chi connectivity index (χ4n) is 2.26. The molecule has 1 aromatic rings. The van der Waals surface area contributed by atoms with Gasteiger partial charge in [0.1, 0.15) is 0 Å². The molecule has 2 rings (SSSR count). The van der Waals surface area contributed by atoms with Crippen LogP contribution in [0, 0.1) is 25.5 Å². The second-order valence-corrected chi connectivity index (χ2v) is 6.25. The van der Waals surface area contributed by atoms with Crippen LogP contribution in [0.3, 0.4) is 0 Å². The van der Waals surface area contributed by atoms with E-state index in [-0.39, 0.29) is 11.6 Å². The first-order valence-electron chi connectivity index (χ1n) is 6.13. The Morgan fingerprint density at radius 1 is 1.37 bits per heavy atom. The van der Waals surface area contributed by atoms with Crippen molar-refractivity contribution in [2.24, 2.45) is 11.8 Å². The Morgan fingerprint density at radius 2 is 1.95 bits per heavy atom. The van der Waals surface area contributed by atoms with Gasteiger partial charge in [-0.1, -0.05) is 13.8 Å². The molecule has 1 amide bonds. The molecule has 1 aliphatic heterocycles. The van der Waals surface area contributed by atoms with Crippen LogP contribution in [-0.2, 0) is 0 Å². The summed E-state index contributed by atoms with van der Waals surface area (Å²) in [6, 6.07) is 4.42. The molecule has 1 heterocycles. The van der Waals surface area contributed by atoms with E-state index >= 15 is 0 Å². The van der Waals surface area contributed by atoms with E-state index in [0.717, 1.165) is 16.7 Å². The number of rotatable bonds is 2. The van der Waals surface area contributed by atoms with Gasteiger partial charge in [-0.05, 0) is 40.5 Å². The highest BCUT2D eigenvalue weighted by molar-refractivity contribution is 14.1. The molecular weight excluding hydrogens is 359 g/mol. The van der Waals surface area contributed by atoms with E-state index in [1.54, 1.807) is 11.0 Å². The van der Waals surface area contributed by atoms with E-state index in [4.69, 9.17) is 0 Å². The standard InChI is InChI=1S/C13H15IN2O3/c1-8-6-15(7-9(8)2)13(17)11-5-10(16(18)19)3-4-12(11)14/h3-5,8-9H,6-7H2,1-2H3. The van der Waals surface area contributed by atoms with Crippen molar-refractivity contribution in [1.29, 1.82) is 0 Å². The van der Waals surface area contributed by atoms with Gasteiger partial charge in [-0.15, -0.1) is 0 Å². The zero-order chi connectivity index (χ0) is 14.2. The van der Waals surface area contributed by atoms with Crippen LogP contribution in [0.5, 0.6) is 0 Å². The summed E-state index contributed by atoms with van der Waals surface area (Å²) in [5.74, 6) is 0.838. The third-order valence-corrected chi connectivity index (χ3v) is 4.61. The monoisotopic (exact) mass is 374 g/mol. The number of amides is 1. The van der Waals surface area contributed by atoms with Gasteiger partial charge in [-0.2, -0.15) is 0 Å². The lowest BCUT2D eigenvalue weighted by atomic mass is 10.0. The summed E-state index contributed by atoms with van der Waals surface area (Å²) in [5, 5.41) is 10.8. The average Bonchev–Trinajstić information content (AvgIpc) is 2.69. The fraction of sp³-hybridized carbons (Fsp3) is 0.462. The number of likely N-dealkylation sites (tertiary alicyclic amines) is 1. The van der Waals surface area contributed by atoms with E-state index in [1.807, 2.05) is 22.6 Å². The smallest absolute Gasteiger partial charge is 0.270 e. The minimum atomic E-state index is -0.470. The third-order valence-electron chi connectivity index (χ3n) is 3.67. The van der Waals surface area contributed by atoms with Crippen molar-refractivity contribution in [1.82, 2.24) is 4.90 Å². The quantitative estimate of drug-likeness (QED) is 0.454. The molecule has 102 valence electrons. The maximum atomic E-state index is 12.4. The van der Waals surface area contributed by atoms with Crippen LogP contribution in [0.2, 0.25) is 0 Å². The van der Waals surface area contributed by atoms with E-state index in [2.05, 4.69) is 13.8 Å². The van der Waals surface area contributed by atoms with Gasteiger partial charge in [0, 0.05) is 28.8 Å². The van der Waals surface area contributed by atoms with E-state index < -0.39 is 4.92 Å². The van der Waals surface area contributed by atoms with Crippen LogP contribution in [-0.4, -0.2) is 28.8 Å². The van der Waals surface area contributed by atoms with Gasteiger partial charge < -0.3 is 4.90 Å². The number of nitro benzene ring substituents is 1. The molecule has 5 nitrogen and oxygen atoms in total. The molecule has 0 bridgehead atoms. The van der Waals surface area contributed by atoms with Crippen molar-refractivity contribution >= 4 is 34.2 Å². The Balaban J connectivity index is 2.29. The largest absolute Gasteiger partial charge is 0.338 e. The molecule has 1 fully saturated rings. The number of hydrogen-bond donors (Lipinski definition) is 0. The summed E-state index contributed by atoms with van der Waals surface area (Å²) >= 11 is 2.04. The molecule has 0 radical (unpaired) electrons. The topological polar surface area (TPSA) is 63.5 Å². The minimum Gasteiger partial charge on any atom is -0.338 e. The third kappa shape index (κ3) is 2.88. The lowest BCUT2D eigenvalue weighted by molar-refractivity contribution is -0.384. The molecule has 0 N–H and O–H groups in total. The predicted molar refractivity (Wildman–Crippen MR) is 80.0 cm³/mol. The van der Waals surface area contributed by atoms with Gasteiger partial charge >= 0.3 is 0 Å². The van der Waals surface area contributed by atoms with Gasteiger partial charge in [0.25, 0.3) is 11.6 Å². The van der Waals surface area contributed by atoms with Crippen molar-refractivity contribution in [3.05, 3.63) is 37.4 Å². The molecule has 0 saturated carbocycles. The first-order valence-corrected chi connectivity index (χ1v) is 7.21. The first-order chi connectivity index (χ1) is 8.90. The van der Waals surface area contributed by atoms with Crippen molar-refractivity contribution in [2.45, 2.75) is 13.8 Å². The maximum Gasteiger partial charge on any atom is 0.270 e. The molecule has 19 heavy (non-hydrogen) atoms. The van der Waals surface area contributed by atoms with Gasteiger partial charge in [0.15, 0.2) is 0 Å². The molecule has 1 aliphatic rings. The Kier molecular flexibility index (Phi) is 4.07. The van der Waals surface area contributed by atoms with E-state index in [1.165, 1.54) is 12.1 Å². The summed E-state index contributed by atoms with van der Waals surface area (Å²) < 4.78 is 0.750. The molecule has 0 aliphatic carbocycles. The molecular formula is C13H15IN2O3. The van der Waals surface area contributed by atoms with E-state index in [9.17, 15) is 14.9 Å². The second kappa shape index (κ2) is 5.44. The number of carbonyl (C=O) groups is 1. The van der Waals surface area contributed by atoms with Crippen molar-refractivity contribution < 1.29 is 9.72 Å². The highest BCUT2D eigenvalue weighted by Gasteiger charge is 2.31. The molecule has 0 spiro atoms. The lowest BCUT2D eigenvalue weighted by Crippen LogP contribution is -2.29. The number of hydrogen-bond acceptors (Lipinski definition) is 3. The number of benzene rings is 1. The molecule has 6 heteroatoms. The van der Waals surface area contributed by atoms with Crippen LogP contribution >= 0.6 is 22.6 Å². The molecule has 1 saturated heterocycles. The predicted octanol–water partition coefficient (Wildman–Crippen LogP) is 2.93. The molecule has 1 aromatic carbocycles. The zero-order valence-electron chi connectivity index (χ0n) is 10.8. The van der Waals surface area contributed by atoms with Gasteiger partial charge in [-0.25, -0.2) is 0 Å². The lowest BCUT2D eigenvalue weighted by Gasteiger charge is -2.16. The first kappa shape index (κ1) is 14.2. The zero-order valence-corrected chi connectivity index (χ0v) is 13.0. The Labute approximate surface area is 125 Å². The van der Waals surface area contributed by atoms with Crippen LogP contribution in [0.25, 0.3) is 0 Å². The van der Waals surface area contributed by atoms with Crippen molar-refractivity contribution in [2.75, 3.05) is 13.1 Å². The normalized spacial score (nSPS) is 22.6. The fourth-order valence-corrected chi connectivity index (χ4v) is 2.82. The molecule has 0 aromatic heterocycles. The van der Waals surface area contributed by atoms with Crippen molar-refractivity contribution in [3.8, 4) is 0 Å². The number of nitrogens with zero attached hydrogens (tertiary/aromatic N) is 2. The number of carbonyl (C=O) groups excluding carboxylic acids is 1. The Bertz CT molecular complexity index is 523. The van der Waals surface area contributed by atoms with Crippen LogP contribution in [0.4, 0.5) is 5.69 Å². The maximum absolute atomic E-state index is 12.4. The summed E-state index contributed by atoms with van der Waals surface area (Å²) in [6.45, 7) is 5.68. The highest BCUT2D eigenvalue weighted by atomic mass is 127. The Hall–Kier alpha value is -1.18. The summed E-state index contributed by atoms with van der Waals surface area (Å²) in [5.41, 5.74) is 0.389. The Morgan fingerprint density at radius 3 is 2.47 bits per heavy atom. The van der Waals surface area contributed by atoms with Crippen molar-refractivity contribution in [3.63, 3.8) is 0 Å². The number of halogens is 1. The summed E-state index contributed by atoms with van der Waals surface area (Å²) in [7, 11) is 0. The highest BCUT2D eigenvalue weighted by Crippen LogP contribution is 2.26. The average molecular weight is 374 g/mol. The van der Waals surface area contributed by atoms with E-state index in [0.29, 0.717) is 17.4 Å². The molecule has 2 atom stereocenters. The second-order valence-electron chi connectivity index (χ2n) is 5.09.